The first-order valence-corrected chi connectivity index (χ1v) is 7.74. The topological polar surface area (TPSA) is 117 Å². The second-order valence-electron chi connectivity index (χ2n) is 5.53. The molecular formula is C15H20N6O3. The fraction of sp³-hybridized carbons (Fsp3) is 0.467. The number of ether oxygens (including phenoxy) is 2. The van der Waals surface area contributed by atoms with Gasteiger partial charge in [-0.05, 0) is 12.5 Å². The Hall–Kier alpha value is -2.84. The Kier molecular flexibility index (Phi) is 4.24. The molecule has 24 heavy (non-hydrogen) atoms. The smallest absolute Gasteiger partial charge is 0.305 e. The maximum absolute atomic E-state index is 11.3. The number of aromatic nitrogens is 4. The summed E-state index contributed by atoms with van der Waals surface area (Å²) in [5.74, 6) is 1.10. The van der Waals surface area contributed by atoms with E-state index in [9.17, 15) is 4.79 Å². The molecule has 9 nitrogen and oxygen atoms in total. The molecule has 1 atom stereocenters. The SMILES string of the molecule is CCC(=O)OC[C@@H]1CC(C)=C(n2cnc3c(NC)nc(N)nc32)O1. The zero-order valence-corrected chi connectivity index (χ0v) is 13.9. The molecule has 2 aromatic heterocycles. The monoisotopic (exact) mass is 332 g/mol. The molecule has 128 valence electrons. The lowest BCUT2D eigenvalue weighted by molar-refractivity contribution is -0.145. The zero-order valence-electron chi connectivity index (χ0n) is 13.9. The van der Waals surface area contributed by atoms with Crippen molar-refractivity contribution in [1.82, 2.24) is 19.5 Å². The minimum atomic E-state index is -0.239. The van der Waals surface area contributed by atoms with Crippen LogP contribution >= 0.6 is 0 Å². The van der Waals surface area contributed by atoms with E-state index >= 15 is 0 Å². The number of carbonyl (C=O) groups excluding carboxylic acids is 1. The first-order chi connectivity index (χ1) is 11.5. The lowest BCUT2D eigenvalue weighted by atomic mass is 10.2. The summed E-state index contributed by atoms with van der Waals surface area (Å²) in [6.45, 7) is 3.94. The first kappa shape index (κ1) is 16.0. The van der Waals surface area contributed by atoms with E-state index in [0.29, 0.717) is 35.7 Å². The van der Waals surface area contributed by atoms with Gasteiger partial charge >= 0.3 is 5.97 Å². The summed E-state index contributed by atoms with van der Waals surface area (Å²) in [4.78, 5) is 24.0. The number of imidazole rings is 1. The number of hydrogen-bond donors (Lipinski definition) is 2. The van der Waals surface area contributed by atoms with Gasteiger partial charge in [0.05, 0.1) is 0 Å². The number of rotatable bonds is 5. The fourth-order valence-corrected chi connectivity index (χ4v) is 2.61. The Morgan fingerprint density at radius 3 is 3.04 bits per heavy atom. The fourth-order valence-electron chi connectivity index (χ4n) is 2.61. The highest BCUT2D eigenvalue weighted by molar-refractivity contribution is 5.86. The average Bonchev–Trinajstić information content (AvgIpc) is 3.14. The number of hydrogen-bond acceptors (Lipinski definition) is 8. The van der Waals surface area contributed by atoms with Gasteiger partial charge in [-0.25, -0.2) is 4.98 Å². The highest BCUT2D eigenvalue weighted by Gasteiger charge is 2.27. The predicted octanol–water partition coefficient (Wildman–Crippen LogP) is 1.38. The van der Waals surface area contributed by atoms with Crippen molar-refractivity contribution in [2.24, 2.45) is 0 Å². The molecule has 0 spiro atoms. The number of esters is 1. The van der Waals surface area contributed by atoms with Crippen molar-refractivity contribution in [2.45, 2.75) is 32.8 Å². The van der Waals surface area contributed by atoms with Crippen LogP contribution in [0.4, 0.5) is 11.8 Å². The van der Waals surface area contributed by atoms with Crippen LogP contribution in [0.1, 0.15) is 26.7 Å². The van der Waals surface area contributed by atoms with Crippen molar-refractivity contribution < 1.29 is 14.3 Å². The van der Waals surface area contributed by atoms with E-state index in [1.165, 1.54) is 0 Å². The van der Waals surface area contributed by atoms with Crippen molar-refractivity contribution in [3.8, 4) is 0 Å². The zero-order chi connectivity index (χ0) is 17.3. The van der Waals surface area contributed by atoms with Gasteiger partial charge in [0, 0.05) is 19.9 Å². The van der Waals surface area contributed by atoms with Crippen molar-refractivity contribution in [3.05, 3.63) is 11.9 Å². The van der Waals surface area contributed by atoms with Crippen LogP contribution in [0.2, 0.25) is 0 Å². The van der Waals surface area contributed by atoms with Gasteiger partial charge in [-0.2, -0.15) is 9.97 Å². The number of anilines is 2. The van der Waals surface area contributed by atoms with E-state index in [0.717, 1.165) is 5.57 Å². The minimum absolute atomic E-state index is 0.151. The quantitative estimate of drug-likeness (QED) is 0.789. The summed E-state index contributed by atoms with van der Waals surface area (Å²) in [6, 6.07) is 0. The largest absolute Gasteiger partial charge is 0.471 e. The van der Waals surface area contributed by atoms with Crippen molar-refractivity contribution in [1.29, 1.82) is 0 Å². The van der Waals surface area contributed by atoms with E-state index in [4.69, 9.17) is 15.2 Å². The standard InChI is InChI=1S/C15H20N6O3/c1-4-10(22)23-6-9-5-8(2)14(24-9)21-7-18-11-12(17-3)19-15(16)20-13(11)21/h7,9H,4-6H2,1-3H3,(H3,16,17,19,20)/t9-/m0/s1. The van der Waals surface area contributed by atoms with Gasteiger partial charge in [0.1, 0.15) is 19.0 Å². The number of nitrogen functional groups attached to an aromatic ring is 1. The number of carbonyl (C=O) groups is 1. The summed E-state index contributed by atoms with van der Waals surface area (Å²) < 4.78 is 12.8. The predicted molar refractivity (Wildman–Crippen MR) is 88.9 cm³/mol. The Labute approximate surface area is 138 Å². The van der Waals surface area contributed by atoms with Gasteiger partial charge in [0.25, 0.3) is 0 Å². The van der Waals surface area contributed by atoms with Crippen molar-refractivity contribution in [2.75, 3.05) is 24.7 Å². The van der Waals surface area contributed by atoms with Crippen LogP contribution in [0.15, 0.2) is 11.9 Å². The van der Waals surface area contributed by atoms with Crippen LogP contribution in [0.3, 0.4) is 0 Å². The van der Waals surface area contributed by atoms with Gasteiger partial charge in [-0.15, -0.1) is 0 Å². The lowest BCUT2D eigenvalue weighted by Crippen LogP contribution is -2.18. The highest BCUT2D eigenvalue weighted by atomic mass is 16.6. The van der Waals surface area contributed by atoms with Crippen LogP contribution in [0, 0.1) is 0 Å². The Morgan fingerprint density at radius 1 is 1.54 bits per heavy atom. The van der Waals surface area contributed by atoms with Gasteiger partial charge in [0.2, 0.25) is 5.95 Å². The van der Waals surface area contributed by atoms with Crippen LogP contribution in [-0.2, 0) is 14.3 Å². The van der Waals surface area contributed by atoms with Crippen LogP contribution in [-0.4, -0.2) is 45.2 Å². The molecular weight excluding hydrogens is 312 g/mol. The van der Waals surface area contributed by atoms with E-state index in [-0.39, 0.29) is 24.6 Å². The molecule has 1 aliphatic heterocycles. The Balaban J connectivity index is 1.87. The molecule has 3 rings (SSSR count). The number of nitrogens with zero attached hydrogens (tertiary/aromatic N) is 4. The molecule has 0 aromatic carbocycles. The molecule has 0 unspecified atom stereocenters. The van der Waals surface area contributed by atoms with E-state index in [1.807, 2.05) is 6.92 Å². The Morgan fingerprint density at radius 2 is 2.33 bits per heavy atom. The van der Waals surface area contributed by atoms with Crippen molar-refractivity contribution >= 4 is 34.8 Å². The number of nitrogens with one attached hydrogen (secondary N) is 1. The highest BCUT2D eigenvalue weighted by Crippen LogP contribution is 2.31. The summed E-state index contributed by atoms with van der Waals surface area (Å²) in [6.07, 6.45) is 2.43. The summed E-state index contributed by atoms with van der Waals surface area (Å²) in [5, 5.41) is 2.95. The molecule has 2 aromatic rings. The summed E-state index contributed by atoms with van der Waals surface area (Å²) in [7, 11) is 1.74. The first-order valence-electron chi connectivity index (χ1n) is 7.74. The van der Waals surface area contributed by atoms with Crippen LogP contribution in [0.5, 0.6) is 0 Å². The average molecular weight is 332 g/mol. The maximum Gasteiger partial charge on any atom is 0.305 e. The molecule has 0 fully saturated rings. The van der Waals surface area contributed by atoms with E-state index < -0.39 is 0 Å². The summed E-state index contributed by atoms with van der Waals surface area (Å²) >= 11 is 0. The van der Waals surface area contributed by atoms with Gasteiger partial charge in [-0.3, -0.25) is 9.36 Å². The summed E-state index contributed by atoms with van der Waals surface area (Å²) in [5.41, 5.74) is 7.96. The third kappa shape index (κ3) is 2.84. The normalized spacial score (nSPS) is 17.2. The molecule has 3 heterocycles. The lowest BCUT2D eigenvalue weighted by Gasteiger charge is -2.13. The van der Waals surface area contributed by atoms with Gasteiger partial charge < -0.3 is 20.5 Å². The third-order valence-corrected chi connectivity index (χ3v) is 3.77. The van der Waals surface area contributed by atoms with E-state index in [2.05, 4.69) is 20.3 Å². The molecule has 0 saturated heterocycles. The molecule has 0 saturated carbocycles. The second-order valence-corrected chi connectivity index (χ2v) is 5.53. The molecule has 0 amide bonds. The molecule has 1 aliphatic rings. The Bertz CT molecular complexity index is 813. The molecule has 3 N–H and O–H groups in total. The number of nitrogens with two attached hydrogens (primary N) is 1. The second kappa shape index (κ2) is 6.34. The van der Waals surface area contributed by atoms with Crippen LogP contribution in [0.25, 0.3) is 17.0 Å². The molecule has 0 bridgehead atoms. The molecule has 9 heteroatoms. The molecule has 0 aliphatic carbocycles. The molecule has 0 radical (unpaired) electrons. The minimum Gasteiger partial charge on any atom is -0.471 e. The van der Waals surface area contributed by atoms with Crippen molar-refractivity contribution in [3.63, 3.8) is 0 Å². The third-order valence-electron chi connectivity index (χ3n) is 3.77. The van der Waals surface area contributed by atoms with E-state index in [1.54, 1.807) is 24.9 Å². The van der Waals surface area contributed by atoms with Gasteiger partial charge in [-0.1, -0.05) is 6.92 Å². The van der Waals surface area contributed by atoms with Crippen LogP contribution < -0.4 is 11.1 Å². The maximum atomic E-state index is 11.3. The number of fused-ring (bicyclic) bond motifs is 1. The van der Waals surface area contributed by atoms with Gasteiger partial charge in [0.15, 0.2) is 22.9 Å².